The number of hydrogen-bond donors (Lipinski definition) is 5. The number of aromatic nitrogens is 1. The Hall–Kier alpha value is -3.45. The van der Waals surface area contributed by atoms with Crippen LogP contribution in [0, 0.1) is 17.0 Å². The number of pyridine rings is 1. The third-order valence-electron chi connectivity index (χ3n) is 3.27. The number of aryl methyl sites for hydroxylation is 1. The van der Waals surface area contributed by atoms with Crippen LogP contribution in [0.4, 0.5) is 17.3 Å². The topological polar surface area (TPSA) is 213 Å². The maximum atomic E-state index is 10.5. The second-order valence-electron chi connectivity index (χ2n) is 5.44. The van der Waals surface area contributed by atoms with Gasteiger partial charge in [-0.25, -0.2) is 4.98 Å². The lowest BCUT2D eigenvalue weighted by Gasteiger charge is -2.05. The maximum Gasteiger partial charge on any atom is 0.311 e. The molecule has 0 fully saturated rings. The van der Waals surface area contributed by atoms with Crippen LogP contribution in [0.3, 0.4) is 0 Å². The Balaban J connectivity index is 0.000000307. The number of hydrogen-bond acceptors (Lipinski definition) is 9. The number of nitrogen functional groups attached to an aromatic ring is 1. The average Bonchev–Trinajstić information content (AvgIpc) is 2.61. The van der Waals surface area contributed by atoms with E-state index in [1.165, 1.54) is 24.3 Å². The minimum Gasteiger partial charge on any atom is -0.386 e. The number of anilines is 2. The molecule has 0 bridgehead atoms. The molecule has 1 heterocycles. The Labute approximate surface area is 161 Å². The van der Waals surface area contributed by atoms with E-state index in [0.717, 1.165) is 5.56 Å². The largest absolute Gasteiger partial charge is 0.386 e. The zero-order valence-corrected chi connectivity index (χ0v) is 15.8. The van der Waals surface area contributed by atoms with Crippen molar-refractivity contribution in [1.82, 2.24) is 4.98 Å². The molecular formula is C15H21N7O5S. The SMILES string of the molecule is Cc1ccc(S(=O)(=O)O)cc1.NN=C(N)CCNc1ccc([N+](=O)[O-])c(N)n1. The van der Waals surface area contributed by atoms with E-state index >= 15 is 0 Å². The van der Waals surface area contributed by atoms with Gasteiger partial charge in [0.2, 0.25) is 5.82 Å². The highest BCUT2D eigenvalue weighted by Gasteiger charge is 2.12. The van der Waals surface area contributed by atoms with E-state index in [1.807, 2.05) is 6.92 Å². The number of nitrogens with zero attached hydrogens (tertiary/aromatic N) is 3. The molecule has 13 heteroatoms. The van der Waals surface area contributed by atoms with Gasteiger partial charge in [-0.1, -0.05) is 17.7 Å². The molecule has 2 aromatic rings. The van der Waals surface area contributed by atoms with E-state index in [2.05, 4.69) is 15.4 Å². The molecule has 2 rings (SSSR count). The number of amidine groups is 1. The number of rotatable bonds is 6. The molecule has 0 amide bonds. The third-order valence-corrected chi connectivity index (χ3v) is 4.14. The fourth-order valence-electron chi connectivity index (χ4n) is 1.81. The van der Waals surface area contributed by atoms with Gasteiger partial charge in [-0.15, -0.1) is 0 Å². The number of nitro groups is 1. The van der Waals surface area contributed by atoms with Crippen molar-refractivity contribution in [2.75, 3.05) is 17.6 Å². The van der Waals surface area contributed by atoms with Crippen LogP contribution < -0.4 is 22.6 Å². The van der Waals surface area contributed by atoms with Gasteiger partial charge in [0.25, 0.3) is 10.1 Å². The third kappa shape index (κ3) is 7.43. The minimum absolute atomic E-state index is 0.0666. The van der Waals surface area contributed by atoms with Gasteiger partial charge in [0.05, 0.1) is 9.82 Å². The van der Waals surface area contributed by atoms with Crippen molar-refractivity contribution in [3.05, 3.63) is 52.1 Å². The van der Waals surface area contributed by atoms with E-state index in [-0.39, 0.29) is 16.4 Å². The first-order chi connectivity index (χ1) is 13.0. The zero-order chi connectivity index (χ0) is 21.3. The van der Waals surface area contributed by atoms with Crippen LogP contribution in [0.25, 0.3) is 0 Å². The van der Waals surface area contributed by atoms with Gasteiger partial charge < -0.3 is 22.6 Å². The van der Waals surface area contributed by atoms with Crippen LogP contribution in [-0.2, 0) is 10.1 Å². The van der Waals surface area contributed by atoms with Crippen molar-refractivity contribution < 1.29 is 17.9 Å². The molecule has 0 aliphatic heterocycles. The molecule has 0 spiro atoms. The van der Waals surface area contributed by atoms with Crippen LogP contribution in [0.5, 0.6) is 0 Å². The summed E-state index contributed by atoms with van der Waals surface area (Å²) in [5.41, 5.74) is 11.5. The van der Waals surface area contributed by atoms with Crippen LogP contribution in [-0.4, -0.2) is 35.3 Å². The molecule has 28 heavy (non-hydrogen) atoms. The van der Waals surface area contributed by atoms with E-state index in [1.54, 1.807) is 12.1 Å². The highest BCUT2D eigenvalue weighted by molar-refractivity contribution is 7.85. The molecule has 1 aromatic heterocycles. The summed E-state index contributed by atoms with van der Waals surface area (Å²) in [5, 5.41) is 16.7. The van der Waals surface area contributed by atoms with E-state index in [9.17, 15) is 18.5 Å². The smallest absolute Gasteiger partial charge is 0.311 e. The van der Waals surface area contributed by atoms with E-state index < -0.39 is 15.0 Å². The van der Waals surface area contributed by atoms with Crippen molar-refractivity contribution in [3.8, 4) is 0 Å². The predicted octanol–water partition coefficient (Wildman–Crippen LogP) is 0.847. The average molecular weight is 411 g/mol. The Morgan fingerprint density at radius 1 is 1.29 bits per heavy atom. The van der Waals surface area contributed by atoms with Crippen molar-refractivity contribution in [2.24, 2.45) is 16.7 Å². The van der Waals surface area contributed by atoms with Gasteiger partial charge in [-0.05, 0) is 25.1 Å². The molecule has 0 unspecified atom stereocenters. The monoisotopic (exact) mass is 411 g/mol. The molecule has 0 atom stereocenters. The maximum absolute atomic E-state index is 10.5. The molecular weight excluding hydrogens is 390 g/mol. The number of nitrogens with two attached hydrogens (primary N) is 3. The van der Waals surface area contributed by atoms with Crippen molar-refractivity contribution in [2.45, 2.75) is 18.2 Å². The summed E-state index contributed by atoms with van der Waals surface area (Å²) in [6.45, 7) is 2.30. The molecule has 152 valence electrons. The molecule has 8 N–H and O–H groups in total. The first-order valence-corrected chi connectivity index (χ1v) is 9.19. The minimum atomic E-state index is -4.02. The first kappa shape index (κ1) is 22.6. The van der Waals surface area contributed by atoms with Crippen LogP contribution in [0.15, 0.2) is 46.4 Å². The zero-order valence-electron chi connectivity index (χ0n) is 14.9. The van der Waals surface area contributed by atoms with Crippen molar-refractivity contribution in [1.29, 1.82) is 0 Å². The van der Waals surface area contributed by atoms with Gasteiger partial charge in [0.15, 0.2) is 0 Å². The Morgan fingerprint density at radius 3 is 2.36 bits per heavy atom. The molecule has 1 aromatic carbocycles. The Morgan fingerprint density at radius 2 is 1.89 bits per heavy atom. The predicted molar refractivity (Wildman–Crippen MR) is 105 cm³/mol. The number of nitrogens with one attached hydrogen (secondary N) is 1. The van der Waals surface area contributed by atoms with Crippen LogP contribution in [0.2, 0.25) is 0 Å². The van der Waals surface area contributed by atoms with Crippen LogP contribution in [0.1, 0.15) is 12.0 Å². The molecule has 0 saturated carbocycles. The van der Waals surface area contributed by atoms with E-state index in [4.69, 9.17) is 21.9 Å². The van der Waals surface area contributed by atoms with E-state index in [0.29, 0.717) is 24.6 Å². The molecule has 12 nitrogen and oxygen atoms in total. The number of benzene rings is 1. The summed E-state index contributed by atoms with van der Waals surface area (Å²) in [6.07, 6.45) is 0.440. The quantitative estimate of drug-likeness (QED) is 0.113. The lowest BCUT2D eigenvalue weighted by atomic mass is 10.2. The lowest BCUT2D eigenvalue weighted by Crippen LogP contribution is -2.18. The summed E-state index contributed by atoms with van der Waals surface area (Å²) >= 11 is 0. The molecule has 0 radical (unpaired) electrons. The normalized spacial score (nSPS) is 11.3. The fourth-order valence-corrected chi connectivity index (χ4v) is 2.29. The van der Waals surface area contributed by atoms with Gasteiger partial charge in [0.1, 0.15) is 11.7 Å². The van der Waals surface area contributed by atoms with Gasteiger partial charge in [-0.3, -0.25) is 14.7 Å². The van der Waals surface area contributed by atoms with Crippen molar-refractivity contribution >= 4 is 33.3 Å². The first-order valence-electron chi connectivity index (χ1n) is 7.75. The summed E-state index contributed by atoms with van der Waals surface area (Å²) in [4.78, 5) is 13.7. The number of hydrazone groups is 1. The Kier molecular flexibility index (Phi) is 8.09. The van der Waals surface area contributed by atoms with Crippen LogP contribution >= 0.6 is 0 Å². The summed E-state index contributed by atoms with van der Waals surface area (Å²) in [5.74, 6) is 5.54. The summed E-state index contributed by atoms with van der Waals surface area (Å²) in [7, 11) is -4.02. The highest BCUT2D eigenvalue weighted by Crippen LogP contribution is 2.20. The molecule has 0 saturated heterocycles. The van der Waals surface area contributed by atoms with Gasteiger partial charge >= 0.3 is 5.69 Å². The summed E-state index contributed by atoms with van der Waals surface area (Å²) < 4.78 is 29.6. The highest BCUT2D eigenvalue weighted by atomic mass is 32.2. The fraction of sp³-hybridized carbons (Fsp3) is 0.200. The van der Waals surface area contributed by atoms with Crippen molar-refractivity contribution in [3.63, 3.8) is 0 Å². The standard InChI is InChI=1S/C8H13N7O2.C7H8O3S/c9-6(14-11)3-4-12-7-2-1-5(15(16)17)8(10)13-7;1-6-2-4-7(5-3-6)11(8,9)10/h1-2H,3-4,11H2,(H2,9,14)(H3,10,12,13);2-5H,1H3,(H,8,9,10). The molecule has 0 aliphatic carbocycles. The summed E-state index contributed by atoms with van der Waals surface area (Å²) in [6, 6.07) is 8.73. The second-order valence-corrected chi connectivity index (χ2v) is 6.86. The van der Waals surface area contributed by atoms with Gasteiger partial charge in [-0.2, -0.15) is 13.5 Å². The lowest BCUT2D eigenvalue weighted by molar-refractivity contribution is -0.384. The second kappa shape index (κ2) is 10.0. The molecule has 0 aliphatic rings. The van der Waals surface area contributed by atoms with Gasteiger partial charge in [0, 0.05) is 19.0 Å². The Bertz CT molecular complexity index is 946.